The van der Waals surface area contributed by atoms with Gasteiger partial charge in [-0.25, -0.2) is 4.58 Å². The van der Waals surface area contributed by atoms with Crippen molar-refractivity contribution in [1.29, 1.82) is 0 Å². The van der Waals surface area contributed by atoms with Gasteiger partial charge in [0.25, 0.3) is 0 Å². The molecule has 80 valence electrons. The monoisotopic (exact) mass is 202 g/mol. The van der Waals surface area contributed by atoms with Gasteiger partial charge in [0.2, 0.25) is 5.69 Å². The van der Waals surface area contributed by atoms with Gasteiger partial charge in [0.1, 0.15) is 7.05 Å². The van der Waals surface area contributed by atoms with Gasteiger partial charge in [0.15, 0.2) is 5.71 Å². The average Bonchev–Trinajstić information content (AvgIpc) is 2.50. The summed E-state index contributed by atoms with van der Waals surface area (Å²) < 4.78 is 2.35. The normalized spacial score (nSPS) is 14.8. The van der Waals surface area contributed by atoms with Crippen LogP contribution in [-0.2, 0) is 6.42 Å². The highest BCUT2D eigenvalue weighted by Gasteiger charge is 2.29. The predicted octanol–water partition coefficient (Wildman–Crippen LogP) is 3.21. The molecule has 0 fully saturated rings. The Morgan fingerprint density at radius 2 is 1.33 bits per heavy atom. The Hall–Kier alpha value is -1.11. The summed E-state index contributed by atoms with van der Waals surface area (Å²) in [6.45, 7) is 11.2. The van der Waals surface area contributed by atoms with Crippen LogP contribution in [0.4, 0.5) is 5.69 Å². The number of rotatable bonds is 0. The molecule has 2 rings (SSSR count). The molecule has 0 atom stereocenters. The van der Waals surface area contributed by atoms with Crippen LogP contribution < -0.4 is 0 Å². The maximum atomic E-state index is 2.35. The Kier molecular flexibility index (Phi) is 2.22. The summed E-state index contributed by atoms with van der Waals surface area (Å²) in [7, 11) is 2.18. The van der Waals surface area contributed by atoms with Crippen molar-refractivity contribution in [3.63, 3.8) is 0 Å². The molecule has 1 heteroatoms. The van der Waals surface area contributed by atoms with Crippen LogP contribution in [0.5, 0.6) is 0 Å². The van der Waals surface area contributed by atoms with Gasteiger partial charge in [-0.05, 0) is 44.4 Å². The highest BCUT2D eigenvalue weighted by atomic mass is 15.0. The fourth-order valence-corrected chi connectivity index (χ4v) is 2.61. The standard InChI is InChI=1S/C14H20N/c1-8-7-13-11(4)9(2)10(3)12(5)14(13)15(8)6/h7H2,1-6H3/q+1. The minimum Gasteiger partial charge on any atom is -0.202 e. The number of nitrogens with zero attached hydrogens (tertiary/aromatic N) is 1. The van der Waals surface area contributed by atoms with Crippen LogP contribution in [0.25, 0.3) is 0 Å². The van der Waals surface area contributed by atoms with Gasteiger partial charge < -0.3 is 0 Å². The molecular formula is C14H20N+. The molecule has 0 radical (unpaired) electrons. The molecule has 0 aromatic heterocycles. The van der Waals surface area contributed by atoms with Crippen LogP contribution >= 0.6 is 0 Å². The summed E-state index contributed by atoms with van der Waals surface area (Å²) in [6.07, 6.45) is 1.12. The van der Waals surface area contributed by atoms with Crippen LogP contribution in [0.15, 0.2) is 0 Å². The van der Waals surface area contributed by atoms with E-state index in [1.54, 1.807) is 0 Å². The Morgan fingerprint density at radius 1 is 0.800 bits per heavy atom. The second-order valence-corrected chi connectivity index (χ2v) is 4.80. The van der Waals surface area contributed by atoms with Crippen molar-refractivity contribution in [3.8, 4) is 0 Å². The van der Waals surface area contributed by atoms with Crippen LogP contribution in [0.2, 0.25) is 0 Å². The molecule has 15 heavy (non-hydrogen) atoms. The molecule has 1 nitrogen and oxygen atoms in total. The van der Waals surface area contributed by atoms with Crippen LogP contribution in [0, 0.1) is 27.7 Å². The second kappa shape index (κ2) is 3.19. The van der Waals surface area contributed by atoms with Crippen LogP contribution in [-0.4, -0.2) is 17.3 Å². The molecule has 0 unspecified atom stereocenters. The summed E-state index contributed by atoms with van der Waals surface area (Å²) >= 11 is 0. The quantitative estimate of drug-likeness (QED) is 0.568. The highest BCUT2D eigenvalue weighted by molar-refractivity contribution is 5.86. The van der Waals surface area contributed by atoms with E-state index in [9.17, 15) is 0 Å². The number of hydrogen-bond acceptors (Lipinski definition) is 0. The molecule has 1 aliphatic heterocycles. The topological polar surface area (TPSA) is 3.01 Å². The van der Waals surface area contributed by atoms with E-state index in [0.29, 0.717) is 0 Å². The highest BCUT2D eigenvalue weighted by Crippen LogP contribution is 2.36. The van der Waals surface area contributed by atoms with Crippen molar-refractivity contribution >= 4 is 11.4 Å². The summed E-state index contributed by atoms with van der Waals surface area (Å²) in [5.74, 6) is 0. The molecule has 1 aromatic rings. The van der Waals surface area contributed by atoms with E-state index in [0.717, 1.165) is 6.42 Å². The minimum absolute atomic E-state index is 1.12. The molecule has 0 saturated heterocycles. The van der Waals surface area contributed by atoms with Crippen molar-refractivity contribution < 1.29 is 4.58 Å². The van der Waals surface area contributed by atoms with Gasteiger partial charge in [-0.3, -0.25) is 0 Å². The van der Waals surface area contributed by atoms with E-state index in [4.69, 9.17) is 0 Å². The molecule has 0 amide bonds. The fourth-order valence-electron chi connectivity index (χ4n) is 2.61. The second-order valence-electron chi connectivity index (χ2n) is 4.80. The molecule has 0 saturated carbocycles. The lowest BCUT2D eigenvalue weighted by Gasteiger charge is -2.12. The average molecular weight is 202 g/mol. The van der Waals surface area contributed by atoms with E-state index in [2.05, 4.69) is 46.2 Å². The van der Waals surface area contributed by atoms with Gasteiger partial charge in [-0.15, -0.1) is 0 Å². The van der Waals surface area contributed by atoms with Crippen molar-refractivity contribution in [1.82, 2.24) is 0 Å². The van der Waals surface area contributed by atoms with Crippen LogP contribution in [0.3, 0.4) is 0 Å². The van der Waals surface area contributed by atoms with Gasteiger partial charge in [0.05, 0.1) is 6.42 Å². The van der Waals surface area contributed by atoms with Crippen molar-refractivity contribution in [3.05, 3.63) is 27.8 Å². The third kappa shape index (κ3) is 1.26. The van der Waals surface area contributed by atoms with Crippen molar-refractivity contribution in [2.24, 2.45) is 0 Å². The molecular weight excluding hydrogens is 182 g/mol. The third-order valence-electron chi connectivity index (χ3n) is 4.12. The van der Waals surface area contributed by atoms with E-state index in [1.807, 2.05) is 0 Å². The van der Waals surface area contributed by atoms with E-state index >= 15 is 0 Å². The summed E-state index contributed by atoms with van der Waals surface area (Å²) in [5, 5.41) is 0. The molecule has 0 N–H and O–H groups in total. The summed E-state index contributed by atoms with van der Waals surface area (Å²) in [4.78, 5) is 0. The molecule has 1 aliphatic rings. The Labute approximate surface area is 92.5 Å². The van der Waals surface area contributed by atoms with Crippen molar-refractivity contribution in [2.75, 3.05) is 7.05 Å². The first-order chi connectivity index (χ1) is 6.95. The first-order valence-corrected chi connectivity index (χ1v) is 5.60. The Balaban J connectivity index is 2.83. The van der Waals surface area contributed by atoms with Gasteiger partial charge in [-0.1, -0.05) is 0 Å². The van der Waals surface area contributed by atoms with E-state index in [-0.39, 0.29) is 0 Å². The third-order valence-corrected chi connectivity index (χ3v) is 4.12. The maximum absolute atomic E-state index is 2.35. The van der Waals surface area contributed by atoms with E-state index in [1.165, 1.54) is 39.2 Å². The van der Waals surface area contributed by atoms with Gasteiger partial charge >= 0.3 is 0 Å². The zero-order chi connectivity index (χ0) is 11.3. The fraction of sp³-hybridized carbons (Fsp3) is 0.500. The maximum Gasteiger partial charge on any atom is 0.212 e. The number of hydrogen-bond donors (Lipinski definition) is 0. The zero-order valence-electron chi connectivity index (χ0n) is 10.7. The lowest BCUT2D eigenvalue weighted by molar-refractivity contribution is -0.402. The molecule has 1 aromatic carbocycles. The largest absolute Gasteiger partial charge is 0.212 e. The summed E-state index contributed by atoms with van der Waals surface area (Å²) in [6, 6.07) is 0. The van der Waals surface area contributed by atoms with Crippen molar-refractivity contribution in [2.45, 2.75) is 41.0 Å². The molecule has 1 heterocycles. The van der Waals surface area contributed by atoms with E-state index < -0.39 is 0 Å². The van der Waals surface area contributed by atoms with Crippen LogP contribution in [0.1, 0.15) is 34.7 Å². The lowest BCUT2D eigenvalue weighted by Crippen LogP contribution is -2.04. The SMILES string of the molecule is CC1=[N+](C)c2c(C)c(C)c(C)c(C)c2C1. The molecule has 0 aliphatic carbocycles. The number of fused-ring (bicyclic) bond motifs is 1. The minimum atomic E-state index is 1.12. The first-order valence-electron chi connectivity index (χ1n) is 5.60. The van der Waals surface area contributed by atoms with Gasteiger partial charge in [-0.2, -0.15) is 0 Å². The summed E-state index contributed by atoms with van der Waals surface area (Å²) in [5.41, 5.74) is 10.3. The smallest absolute Gasteiger partial charge is 0.202 e. The Morgan fingerprint density at radius 3 is 1.93 bits per heavy atom. The molecule has 0 spiro atoms. The predicted molar refractivity (Wildman–Crippen MR) is 65.6 cm³/mol. The molecule has 0 bridgehead atoms. The first kappa shape index (κ1) is 10.4. The number of benzene rings is 1. The lowest BCUT2D eigenvalue weighted by atomic mass is 9.92. The Bertz CT molecular complexity index is 479. The van der Waals surface area contributed by atoms with Gasteiger partial charge in [0, 0.05) is 18.1 Å². The zero-order valence-corrected chi connectivity index (χ0v) is 10.7.